The lowest BCUT2D eigenvalue weighted by Crippen LogP contribution is -2.14. The quantitative estimate of drug-likeness (QED) is 0.511. The molecule has 0 spiro atoms. The molecule has 0 aliphatic rings. The van der Waals surface area contributed by atoms with Crippen molar-refractivity contribution in [3.8, 4) is 11.4 Å². The molecule has 0 unspecified atom stereocenters. The van der Waals surface area contributed by atoms with Gasteiger partial charge < -0.3 is 15.2 Å². The summed E-state index contributed by atoms with van der Waals surface area (Å²) in [4.78, 5) is 17.0. The van der Waals surface area contributed by atoms with E-state index in [1.54, 1.807) is 17.4 Å². The first-order valence-electron chi connectivity index (χ1n) is 8.34. The van der Waals surface area contributed by atoms with Crippen LogP contribution in [0.1, 0.15) is 16.2 Å². The maximum atomic E-state index is 12.6. The minimum atomic E-state index is -0.186. The summed E-state index contributed by atoms with van der Waals surface area (Å²) in [6, 6.07) is 18.6. The number of carbonyl (C=O) groups excluding carboxylic acids is 1. The molecule has 4 rings (SSSR count). The van der Waals surface area contributed by atoms with Gasteiger partial charge >= 0.3 is 0 Å². The minimum absolute atomic E-state index is 0.186. The monoisotopic (exact) mass is 376 g/mol. The smallest absolute Gasteiger partial charge is 0.257 e. The third-order valence-electron chi connectivity index (χ3n) is 3.88. The number of thiophene rings is 1. The summed E-state index contributed by atoms with van der Waals surface area (Å²) in [6.07, 6.45) is 0. The van der Waals surface area contributed by atoms with E-state index in [-0.39, 0.29) is 5.91 Å². The molecule has 2 heterocycles. The molecule has 6 nitrogen and oxygen atoms in total. The van der Waals surface area contributed by atoms with E-state index in [4.69, 9.17) is 4.52 Å². The van der Waals surface area contributed by atoms with E-state index in [9.17, 15) is 4.79 Å². The van der Waals surface area contributed by atoms with Crippen LogP contribution in [0.15, 0.2) is 75.9 Å². The van der Waals surface area contributed by atoms with Crippen LogP contribution in [0.4, 0.5) is 11.4 Å². The first kappa shape index (κ1) is 17.0. The zero-order chi connectivity index (χ0) is 18.5. The predicted octanol–water partition coefficient (Wildman–Crippen LogP) is 4.66. The average Bonchev–Trinajstić information content (AvgIpc) is 3.39. The van der Waals surface area contributed by atoms with Crippen molar-refractivity contribution < 1.29 is 9.32 Å². The van der Waals surface area contributed by atoms with E-state index in [0.717, 1.165) is 11.3 Å². The Labute approximate surface area is 159 Å². The zero-order valence-electron chi connectivity index (χ0n) is 14.3. The van der Waals surface area contributed by atoms with Gasteiger partial charge in [0.15, 0.2) is 0 Å². The van der Waals surface area contributed by atoms with Crippen molar-refractivity contribution in [1.29, 1.82) is 0 Å². The maximum absolute atomic E-state index is 12.6. The highest BCUT2D eigenvalue weighted by Gasteiger charge is 2.13. The second-order valence-electron chi connectivity index (χ2n) is 5.74. The van der Waals surface area contributed by atoms with Gasteiger partial charge in [0.2, 0.25) is 11.7 Å². The van der Waals surface area contributed by atoms with Gasteiger partial charge in [-0.15, -0.1) is 0 Å². The van der Waals surface area contributed by atoms with Crippen molar-refractivity contribution >= 4 is 28.6 Å². The second kappa shape index (κ2) is 7.84. The Morgan fingerprint density at radius 3 is 2.67 bits per heavy atom. The maximum Gasteiger partial charge on any atom is 0.257 e. The van der Waals surface area contributed by atoms with Crippen LogP contribution in [0, 0.1) is 0 Å². The fourth-order valence-electron chi connectivity index (χ4n) is 2.56. The van der Waals surface area contributed by atoms with Gasteiger partial charge in [-0.2, -0.15) is 16.3 Å². The molecule has 0 aliphatic carbocycles. The highest BCUT2D eigenvalue weighted by Crippen LogP contribution is 2.21. The third-order valence-corrected chi connectivity index (χ3v) is 4.56. The Kier molecular flexibility index (Phi) is 4.93. The molecule has 0 bridgehead atoms. The van der Waals surface area contributed by atoms with Gasteiger partial charge in [0.05, 0.1) is 12.1 Å². The SMILES string of the molecule is O=C(Nc1ccccc1)c1ccccc1NCc1nc(-c2ccsc2)no1. The minimum Gasteiger partial charge on any atom is -0.375 e. The number of anilines is 2. The van der Waals surface area contributed by atoms with E-state index < -0.39 is 0 Å². The first-order valence-corrected chi connectivity index (χ1v) is 9.28. The fourth-order valence-corrected chi connectivity index (χ4v) is 3.20. The van der Waals surface area contributed by atoms with Crippen LogP contribution in [-0.4, -0.2) is 16.0 Å². The summed E-state index contributed by atoms with van der Waals surface area (Å²) in [7, 11) is 0. The van der Waals surface area contributed by atoms with Crippen LogP contribution in [0.3, 0.4) is 0 Å². The molecule has 2 aromatic carbocycles. The Bertz CT molecular complexity index is 1030. The van der Waals surface area contributed by atoms with Gasteiger partial charge in [-0.3, -0.25) is 4.79 Å². The number of hydrogen-bond acceptors (Lipinski definition) is 6. The Morgan fingerprint density at radius 1 is 1.04 bits per heavy atom. The molecule has 2 N–H and O–H groups in total. The molecule has 1 amide bonds. The number of benzene rings is 2. The van der Waals surface area contributed by atoms with Crippen molar-refractivity contribution in [3.63, 3.8) is 0 Å². The summed E-state index contributed by atoms with van der Waals surface area (Å²) >= 11 is 1.58. The lowest BCUT2D eigenvalue weighted by atomic mass is 10.1. The second-order valence-corrected chi connectivity index (χ2v) is 6.52. The predicted molar refractivity (Wildman–Crippen MR) is 106 cm³/mol. The molecule has 27 heavy (non-hydrogen) atoms. The molecule has 0 aliphatic heterocycles. The highest BCUT2D eigenvalue weighted by atomic mass is 32.1. The number of carbonyl (C=O) groups is 1. The van der Waals surface area contributed by atoms with Gasteiger partial charge in [0.1, 0.15) is 0 Å². The fraction of sp³-hybridized carbons (Fsp3) is 0.0500. The van der Waals surface area contributed by atoms with Crippen molar-refractivity contribution in [3.05, 3.63) is 82.9 Å². The van der Waals surface area contributed by atoms with Gasteiger partial charge in [-0.25, -0.2) is 0 Å². The summed E-state index contributed by atoms with van der Waals surface area (Å²) in [5.74, 6) is 0.825. The van der Waals surface area contributed by atoms with Crippen LogP contribution < -0.4 is 10.6 Å². The molecule has 0 fully saturated rings. The number of nitrogens with one attached hydrogen (secondary N) is 2. The number of amides is 1. The molecule has 0 radical (unpaired) electrons. The van der Waals surface area contributed by atoms with Crippen molar-refractivity contribution in [2.45, 2.75) is 6.54 Å². The summed E-state index contributed by atoms with van der Waals surface area (Å²) in [5, 5.41) is 14.0. The number of para-hydroxylation sites is 2. The largest absolute Gasteiger partial charge is 0.375 e. The van der Waals surface area contributed by atoms with Gasteiger partial charge in [-0.05, 0) is 35.7 Å². The average molecular weight is 376 g/mol. The summed E-state index contributed by atoms with van der Waals surface area (Å²) in [5.41, 5.74) is 2.91. The Hall–Kier alpha value is -3.45. The van der Waals surface area contributed by atoms with E-state index in [2.05, 4.69) is 20.8 Å². The lowest BCUT2D eigenvalue weighted by Gasteiger charge is -2.11. The van der Waals surface area contributed by atoms with Gasteiger partial charge in [0.25, 0.3) is 5.91 Å². The first-order chi connectivity index (χ1) is 13.3. The Morgan fingerprint density at radius 2 is 1.85 bits per heavy atom. The number of aromatic nitrogens is 2. The van der Waals surface area contributed by atoms with Gasteiger partial charge in [-0.1, -0.05) is 35.5 Å². The third kappa shape index (κ3) is 4.04. The molecular weight excluding hydrogens is 360 g/mol. The number of nitrogens with zero attached hydrogens (tertiary/aromatic N) is 2. The summed E-state index contributed by atoms with van der Waals surface area (Å²) < 4.78 is 5.29. The topological polar surface area (TPSA) is 80.0 Å². The molecule has 0 atom stereocenters. The van der Waals surface area contributed by atoms with Crippen molar-refractivity contribution in [2.75, 3.05) is 10.6 Å². The molecule has 0 saturated heterocycles. The molecular formula is C20H16N4O2S. The standard InChI is InChI=1S/C20H16N4O2S/c25-20(22-15-6-2-1-3-7-15)16-8-4-5-9-17(16)21-12-18-23-19(24-26-18)14-10-11-27-13-14/h1-11,13,21H,12H2,(H,22,25). The molecule has 7 heteroatoms. The van der Waals surface area contributed by atoms with Crippen molar-refractivity contribution in [2.24, 2.45) is 0 Å². The van der Waals surface area contributed by atoms with Gasteiger partial charge in [0, 0.05) is 22.3 Å². The van der Waals surface area contributed by atoms with Crippen molar-refractivity contribution in [1.82, 2.24) is 10.1 Å². The van der Waals surface area contributed by atoms with Crippen LogP contribution in [0.5, 0.6) is 0 Å². The van der Waals surface area contributed by atoms with E-state index in [0.29, 0.717) is 29.5 Å². The summed E-state index contributed by atoms with van der Waals surface area (Å²) in [6.45, 7) is 0.326. The lowest BCUT2D eigenvalue weighted by molar-refractivity contribution is 0.102. The molecule has 4 aromatic rings. The highest BCUT2D eigenvalue weighted by molar-refractivity contribution is 7.08. The molecule has 134 valence electrons. The number of rotatable bonds is 6. The van der Waals surface area contributed by atoms with Crippen LogP contribution in [-0.2, 0) is 6.54 Å². The van der Waals surface area contributed by atoms with Crippen LogP contribution in [0.25, 0.3) is 11.4 Å². The molecule has 2 aromatic heterocycles. The van der Waals surface area contributed by atoms with E-state index in [1.807, 2.05) is 65.4 Å². The van der Waals surface area contributed by atoms with Crippen LogP contribution >= 0.6 is 11.3 Å². The van der Waals surface area contributed by atoms with E-state index in [1.165, 1.54) is 0 Å². The molecule has 0 saturated carbocycles. The normalized spacial score (nSPS) is 10.5. The number of hydrogen-bond donors (Lipinski definition) is 2. The Balaban J connectivity index is 1.46. The van der Waals surface area contributed by atoms with Crippen LogP contribution in [0.2, 0.25) is 0 Å². The zero-order valence-corrected chi connectivity index (χ0v) is 15.1. The van der Waals surface area contributed by atoms with E-state index >= 15 is 0 Å².